The minimum Gasteiger partial charge on any atom is -0.476 e. The molecule has 8 heteroatoms. The van der Waals surface area contributed by atoms with Gasteiger partial charge in [0, 0.05) is 11.1 Å². The highest BCUT2D eigenvalue weighted by atomic mass is 35.5. The predicted octanol–water partition coefficient (Wildman–Crippen LogP) is 4.00. The van der Waals surface area contributed by atoms with Gasteiger partial charge in [-0.15, -0.1) is 13.2 Å². The van der Waals surface area contributed by atoms with Gasteiger partial charge in [-0.3, -0.25) is 0 Å². The van der Waals surface area contributed by atoms with Crippen LogP contribution in [-0.4, -0.2) is 22.4 Å². The minimum atomic E-state index is -4.89. The minimum absolute atomic E-state index is 0.0215. The van der Waals surface area contributed by atoms with Gasteiger partial charge in [-0.05, 0) is 18.2 Å². The molecular weight excluding hydrogens is 311 g/mol. The van der Waals surface area contributed by atoms with E-state index >= 15 is 0 Å². The summed E-state index contributed by atoms with van der Waals surface area (Å²) in [4.78, 5) is 14.8. The summed E-state index contributed by atoms with van der Waals surface area (Å²) in [7, 11) is 0. The maximum absolute atomic E-state index is 12.4. The monoisotopic (exact) mass is 317 g/mol. The molecule has 0 radical (unpaired) electrons. The number of alkyl halides is 3. The van der Waals surface area contributed by atoms with Gasteiger partial charge in [-0.1, -0.05) is 29.8 Å². The summed E-state index contributed by atoms with van der Waals surface area (Å²) in [5, 5.41) is 9.01. The molecule has 2 aromatic rings. The zero-order valence-corrected chi connectivity index (χ0v) is 10.9. The van der Waals surface area contributed by atoms with Gasteiger partial charge in [-0.25, -0.2) is 9.78 Å². The Labute approximate surface area is 121 Å². The lowest BCUT2D eigenvalue weighted by Gasteiger charge is -2.14. The smallest absolute Gasteiger partial charge is 0.476 e. The Kier molecular flexibility index (Phi) is 4.04. The SMILES string of the molecule is O=C(O)c1nc(Cl)ccc1-c1ccccc1OC(F)(F)F. The molecule has 1 aromatic heterocycles. The van der Waals surface area contributed by atoms with Gasteiger partial charge < -0.3 is 9.84 Å². The maximum atomic E-state index is 12.4. The van der Waals surface area contributed by atoms with E-state index in [-0.39, 0.29) is 16.3 Å². The van der Waals surface area contributed by atoms with Crippen LogP contribution in [0.25, 0.3) is 11.1 Å². The van der Waals surface area contributed by atoms with Crippen LogP contribution in [0.1, 0.15) is 10.5 Å². The zero-order chi connectivity index (χ0) is 15.6. The third-order valence-corrected chi connectivity index (χ3v) is 2.68. The summed E-state index contributed by atoms with van der Waals surface area (Å²) >= 11 is 5.61. The van der Waals surface area contributed by atoms with Crippen molar-refractivity contribution in [3.63, 3.8) is 0 Å². The van der Waals surface area contributed by atoms with E-state index in [4.69, 9.17) is 16.7 Å². The van der Waals surface area contributed by atoms with E-state index in [1.165, 1.54) is 30.3 Å². The second kappa shape index (κ2) is 5.61. The van der Waals surface area contributed by atoms with Crippen LogP contribution < -0.4 is 4.74 Å². The number of benzene rings is 1. The van der Waals surface area contributed by atoms with Gasteiger partial charge in [0.25, 0.3) is 0 Å². The van der Waals surface area contributed by atoms with Crippen molar-refractivity contribution >= 4 is 17.6 Å². The lowest BCUT2D eigenvalue weighted by Crippen LogP contribution is -2.17. The molecule has 0 fully saturated rings. The van der Waals surface area contributed by atoms with Crippen LogP contribution in [0.4, 0.5) is 13.2 Å². The van der Waals surface area contributed by atoms with Gasteiger partial charge in [0.15, 0.2) is 5.69 Å². The van der Waals surface area contributed by atoms with Crippen molar-refractivity contribution in [1.82, 2.24) is 4.98 Å². The lowest BCUT2D eigenvalue weighted by atomic mass is 10.0. The Bertz CT molecular complexity index is 689. The number of ether oxygens (including phenoxy) is 1. The number of rotatable bonds is 3. The molecule has 21 heavy (non-hydrogen) atoms. The molecule has 0 bridgehead atoms. The van der Waals surface area contributed by atoms with Crippen LogP contribution in [0, 0.1) is 0 Å². The standard InChI is InChI=1S/C13H7ClF3NO3/c14-10-6-5-8(11(18-10)12(19)20)7-3-1-2-4-9(7)21-13(15,16)17/h1-6H,(H,19,20). The maximum Gasteiger partial charge on any atom is 0.573 e. The first-order valence-electron chi connectivity index (χ1n) is 5.53. The molecule has 0 atom stereocenters. The second-order valence-corrected chi connectivity index (χ2v) is 4.27. The molecule has 110 valence electrons. The van der Waals surface area contributed by atoms with E-state index in [9.17, 15) is 18.0 Å². The fraction of sp³-hybridized carbons (Fsp3) is 0.0769. The van der Waals surface area contributed by atoms with E-state index in [0.29, 0.717) is 0 Å². The number of nitrogens with zero attached hydrogens (tertiary/aromatic N) is 1. The number of halogens is 4. The fourth-order valence-electron chi connectivity index (χ4n) is 1.72. The molecule has 1 heterocycles. The predicted molar refractivity (Wildman–Crippen MR) is 68.3 cm³/mol. The normalized spacial score (nSPS) is 11.2. The van der Waals surface area contributed by atoms with Crippen LogP contribution in [0.3, 0.4) is 0 Å². The summed E-state index contributed by atoms with van der Waals surface area (Å²) < 4.78 is 41.1. The highest BCUT2D eigenvalue weighted by Gasteiger charge is 2.32. The summed E-state index contributed by atoms with van der Waals surface area (Å²) in [6.07, 6.45) is -4.89. The first kappa shape index (κ1) is 15.1. The molecular formula is C13H7ClF3NO3. The van der Waals surface area contributed by atoms with Crippen molar-refractivity contribution in [2.24, 2.45) is 0 Å². The molecule has 2 rings (SSSR count). The van der Waals surface area contributed by atoms with Gasteiger partial charge in [0.2, 0.25) is 0 Å². The van der Waals surface area contributed by atoms with Gasteiger partial charge in [0.1, 0.15) is 10.9 Å². The van der Waals surface area contributed by atoms with E-state index in [0.717, 1.165) is 6.07 Å². The average molecular weight is 318 g/mol. The van der Waals surface area contributed by atoms with Crippen molar-refractivity contribution in [2.45, 2.75) is 6.36 Å². The lowest BCUT2D eigenvalue weighted by molar-refractivity contribution is -0.274. The van der Waals surface area contributed by atoms with Crippen LogP contribution in [0.2, 0.25) is 5.15 Å². The van der Waals surface area contributed by atoms with Crippen molar-refractivity contribution in [3.8, 4) is 16.9 Å². The first-order chi connectivity index (χ1) is 9.78. The molecule has 0 saturated heterocycles. The highest BCUT2D eigenvalue weighted by Crippen LogP contribution is 2.35. The summed E-state index contributed by atoms with van der Waals surface area (Å²) in [5.41, 5.74) is -0.524. The molecule has 0 aliphatic rings. The number of hydrogen-bond acceptors (Lipinski definition) is 3. The molecule has 0 aliphatic carbocycles. The molecule has 0 spiro atoms. The molecule has 1 aromatic carbocycles. The number of carboxylic acids is 1. The topological polar surface area (TPSA) is 59.4 Å². The van der Waals surface area contributed by atoms with Crippen LogP contribution in [-0.2, 0) is 0 Å². The molecule has 0 saturated carbocycles. The zero-order valence-electron chi connectivity index (χ0n) is 10.2. The van der Waals surface area contributed by atoms with Crippen LogP contribution in [0.5, 0.6) is 5.75 Å². The fourth-order valence-corrected chi connectivity index (χ4v) is 1.87. The van der Waals surface area contributed by atoms with Crippen LogP contribution in [0.15, 0.2) is 36.4 Å². The molecule has 0 amide bonds. The highest BCUT2D eigenvalue weighted by molar-refractivity contribution is 6.29. The first-order valence-corrected chi connectivity index (χ1v) is 5.91. The van der Waals surface area contributed by atoms with Gasteiger partial charge >= 0.3 is 12.3 Å². The van der Waals surface area contributed by atoms with Crippen molar-refractivity contribution in [1.29, 1.82) is 0 Å². The Morgan fingerprint density at radius 2 is 1.81 bits per heavy atom. The number of hydrogen-bond donors (Lipinski definition) is 1. The molecule has 1 N–H and O–H groups in total. The van der Waals surface area contributed by atoms with E-state index < -0.39 is 23.8 Å². The number of aromatic nitrogens is 1. The van der Waals surface area contributed by atoms with Crippen molar-refractivity contribution in [3.05, 3.63) is 47.2 Å². The van der Waals surface area contributed by atoms with Crippen molar-refractivity contribution in [2.75, 3.05) is 0 Å². The van der Waals surface area contributed by atoms with E-state index in [1.807, 2.05) is 0 Å². The molecule has 0 unspecified atom stereocenters. The number of aromatic carboxylic acids is 1. The van der Waals surface area contributed by atoms with Crippen molar-refractivity contribution < 1.29 is 27.8 Å². The largest absolute Gasteiger partial charge is 0.573 e. The number of para-hydroxylation sites is 1. The Morgan fingerprint density at radius 1 is 1.14 bits per heavy atom. The third kappa shape index (κ3) is 3.63. The Hall–Kier alpha value is -2.28. The van der Waals surface area contributed by atoms with E-state index in [2.05, 4.69) is 9.72 Å². The average Bonchev–Trinajstić information content (AvgIpc) is 2.37. The van der Waals surface area contributed by atoms with E-state index in [1.54, 1.807) is 0 Å². The van der Waals surface area contributed by atoms with Gasteiger partial charge in [0.05, 0.1) is 0 Å². The number of carbonyl (C=O) groups is 1. The molecule has 4 nitrogen and oxygen atoms in total. The third-order valence-electron chi connectivity index (χ3n) is 2.47. The summed E-state index contributed by atoms with van der Waals surface area (Å²) in [6.45, 7) is 0. The number of pyridine rings is 1. The molecule has 0 aliphatic heterocycles. The Morgan fingerprint density at radius 3 is 2.43 bits per heavy atom. The second-order valence-electron chi connectivity index (χ2n) is 3.88. The van der Waals surface area contributed by atoms with Crippen LogP contribution >= 0.6 is 11.6 Å². The van der Waals surface area contributed by atoms with Gasteiger partial charge in [-0.2, -0.15) is 0 Å². The summed E-state index contributed by atoms with van der Waals surface area (Å²) in [5.74, 6) is -1.93. The Balaban J connectivity index is 2.60. The number of carboxylic acid groups (broad SMARTS) is 1. The quantitative estimate of drug-likeness (QED) is 0.869. The summed E-state index contributed by atoms with van der Waals surface area (Å²) in [6, 6.07) is 7.75.